The third kappa shape index (κ3) is 44.9. The van der Waals surface area contributed by atoms with Gasteiger partial charge in [-0.15, -0.1) is 140 Å². The minimum atomic E-state index is 0. The summed E-state index contributed by atoms with van der Waals surface area (Å²) in [7, 11) is 0. The largest absolute Gasteiger partial charge is 0.512 e. The minimum Gasteiger partial charge on any atom is -0.512 e. The number of aryl methyl sites for hydroxylation is 7. The van der Waals surface area contributed by atoms with Crippen LogP contribution in [0.5, 0.6) is 0 Å². The van der Waals surface area contributed by atoms with Gasteiger partial charge in [0.15, 0.2) is 23.1 Å². The number of nitrogens with zero attached hydrogens (tertiary/aromatic N) is 4. The zero-order valence-corrected chi connectivity index (χ0v) is 89.2. The maximum atomic E-state index is 11.2. The molecule has 8 aromatic carbocycles. The number of fused-ring (bicyclic) bond motifs is 4. The van der Waals surface area contributed by atoms with Crippen LogP contribution in [-0.4, -0.2) is 63.5 Å². The average molecular weight is 2440 g/mol. The van der Waals surface area contributed by atoms with Crippen LogP contribution >= 0.6 is 0 Å². The van der Waals surface area contributed by atoms with Crippen LogP contribution in [0.2, 0.25) is 0 Å². The Morgan fingerprint density at radius 1 is 0.297 bits per heavy atom. The van der Waals surface area contributed by atoms with Crippen LogP contribution in [0.4, 0.5) is 0 Å². The number of aliphatic hydroxyl groups is 4. The van der Waals surface area contributed by atoms with Crippen molar-refractivity contribution in [2.45, 2.75) is 218 Å². The molecule has 0 aliphatic rings. The Balaban J connectivity index is 0.000000733. The topological polar surface area (TPSA) is 201 Å². The molecule has 12 aromatic rings. The number of allylic oxidation sites excluding steroid dienone is 8. The summed E-state index contributed by atoms with van der Waals surface area (Å²) in [6, 6.07) is 79.5. The molecule has 4 radical (unpaired) electrons. The van der Waals surface area contributed by atoms with Gasteiger partial charge in [-0.25, -0.2) is 0 Å². The van der Waals surface area contributed by atoms with Gasteiger partial charge in [-0.2, -0.15) is 0 Å². The van der Waals surface area contributed by atoms with Crippen molar-refractivity contribution in [3.05, 3.63) is 310 Å². The summed E-state index contributed by atoms with van der Waals surface area (Å²) >= 11 is 0. The fourth-order valence-corrected chi connectivity index (χ4v) is 13.3. The first-order valence-corrected chi connectivity index (χ1v) is 43.7. The fourth-order valence-electron chi connectivity index (χ4n) is 13.3. The number of benzene rings is 8. The Bertz CT molecular complexity index is 5310. The van der Waals surface area contributed by atoms with Crippen molar-refractivity contribution in [3.63, 3.8) is 0 Å². The number of rotatable bonds is 24. The predicted octanol–water partition coefficient (Wildman–Crippen LogP) is 29.6. The van der Waals surface area contributed by atoms with E-state index in [-0.39, 0.29) is 127 Å². The Morgan fingerprint density at radius 2 is 0.609 bits per heavy atom. The first-order valence-electron chi connectivity index (χ1n) is 43.7. The number of hydrogen-bond acceptors (Lipinski definition) is 12. The summed E-state index contributed by atoms with van der Waals surface area (Å²) in [6.45, 7) is 48.8. The second-order valence-corrected chi connectivity index (χ2v) is 35.6. The van der Waals surface area contributed by atoms with Gasteiger partial charge in [0.1, 0.15) is 0 Å². The molecule has 0 unspecified atom stereocenters. The molecule has 0 spiro atoms. The normalized spacial score (nSPS) is 11.2. The van der Waals surface area contributed by atoms with Gasteiger partial charge in [0.2, 0.25) is 0 Å². The number of ketones is 4. The zero-order chi connectivity index (χ0) is 91.9. The Hall–Kier alpha value is -9.16. The summed E-state index contributed by atoms with van der Waals surface area (Å²) in [5, 5.41) is 42.1. The second kappa shape index (κ2) is 60.7. The minimum absolute atomic E-state index is 0. The third-order valence-corrected chi connectivity index (χ3v) is 18.9. The van der Waals surface area contributed by atoms with E-state index in [4.69, 9.17) is 19.9 Å². The fraction of sp³-hybridized carbons (Fsp3) is 0.357. The number of aliphatic hydroxyl groups excluding tert-OH is 4. The van der Waals surface area contributed by atoms with E-state index in [2.05, 4.69) is 189 Å². The van der Waals surface area contributed by atoms with E-state index in [0.717, 1.165) is 78.2 Å². The molecule has 4 aromatic heterocycles. The van der Waals surface area contributed by atoms with Crippen LogP contribution in [-0.2, 0) is 99.6 Å². The first-order chi connectivity index (χ1) is 58.6. The van der Waals surface area contributed by atoms with Crippen LogP contribution in [0.25, 0.3) is 88.6 Å². The maximum absolute atomic E-state index is 11.2. The van der Waals surface area contributed by atoms with Crippen LogP contribution in [0.15, 0.2) is 241 Å². The van der Waals surface area contributed by atoms with Crippen molar-refractivity contribution in [1.29, 1.82) is 0 Å². The van der Waals surface area contributed by atoms with Crippen molar-refractivity contribution in [2.24, 2.45) is 47.3 Å². The van der Waals surface area contributed by atoms with Gasteiger partial charge >= 0.3 is 0 Å². The van der Waals surface area contributed by atoms with E-state index >= 15 is 0 Å². The number of carbonyl (C=O) groups is 4. The monoisotopic (exact) mass is 2440 g/mol. The van der Waals surface area contributed by atoms with Crippen molar-refractivity contribution < 1.29 is 120 Å². The van der Waals surface area contributed by atoms with Crippen molar-refractivity contribution >= 4 is 66.7 Å². The van der Waals surface area contributed by atoms with Crippen molar-refractivity contribution in [3.8, 4) is 45.0 Å². The predicted molar refractivity (Wildman–Crippen MR) is 520 cm³/mol. The molecule has 4 N–H and O–H groups in total. The van der Waals surface area contributed by atoms with E-state index in [1.165, 1.54) is 79.2 Å². The quantitative estimate of drug-likeness (QED) is 0.0254. The number of pyridine rings is 4. The third-order valence-electron chi connectivity index (χ3n) is 18.9. The second-order valence-electron chi connectivity index (χ2n) is 35.6. The molecule has 0 aliphatic heterocycles. The number of para-hydroxylation sites is 4. The summed E-state index contributed by atoms with van der Waals surface area (Å²) < 4.78 is 0. The van der Waals surface area contributed by atoms with E-state index in [9.17, 15) is 39.6 Å². The van der Waals surface area contributed by atoms with E-state index < -0.39 is 0 Å². The van der Waals surface area contributed by atoms with Gasteiger partial charge in [0.05, 0.1) is 45.1 Å². The van der Waals surface area contributed by atoms with Crippen LogP contribution in [0.1, 0.15) is 207 Å². The summed E-state index contributed by atoms with van der Waals surface area (Å²) in [5.41, 5.74) is 22.2. The molecule has 0 fully saturated rings. The molecule has 128 heavy (non-hydrogen) atoms. The molecule has 0 saturated heterocycles. The van der Waals surface area contributed by atoms with E-state index in [0.29, 0.717) is 98.7 Å². The number of aromatic nitrogens is 4. The van der Waals surface area contributed by atoms with Crippen LogP contribution in [0.3, 0.4) is 0 Å². The van der Waals surface area contributed by atoms with Gasteiger partial charge in [0.25, 0.3) is 0 Å². The molecule has 0 aliphatic carbocycles. The first kappa shape index (κ1) is 117. The number of carbonyl (C=O) groups excluding carboxylic acids is 4. The smallest absolute Gasteiger partial charge is 0.159 e. The van der Waals surface area contributed by atoms with Crippen LogP contribution in [0, 0.1) is 127 Å². The standard InChI is InChI=1S/4C17H14N.4C11H20O2.4Ir/c1-12-6-5-8-15(13(12)2)17-11-10-14-7-3-4-9-16(14)18-17;1-12-7-9-15(13(2)11-12)17-10-8-14-5-3-4-6-16(14)18-17;1-12-9-13(2)11-15(10-12)17-8-7-14-5-3-4-6-16(14)18-17;1-12-7-8-13(2)15(11-12)17-10-9-14-5-3-4-6-16(14)18-17;4*1-8(2)5-10(12)7-11(13)6-9(3)4;;;;/h3-7,9-11H,1-2H3;3-8,10-11H,1-2H3;2*3-10H,1-2H3;4*7-9,12H,5-6H2,1-4H3;;;;/q4*-1;;;;;;;;. The Kier molecular flexibility index (Phi) is 55.4. The van der Waals surface area contributed by atoms with E-state index in [1.54, 1.807) is 0 Å². The number of hydrogen-bond donors (Lipinski definition) is 4. The molecule has 4 heterocycles. The summed E-state index contributed by atoms with van der Waals surface area (Å²) in [6.07, 6.45) is 9.86. The Morgan fingerprint density at radius 3 is 0.938 bits per heavy atom. The molecule has 16 heteroatoms. The SMILES string of the molecule is CC(C)CC(=O)C=C(O)CC(C)C.CC(C)CC(=O)C=C(O)CC(C)C.CC(C)CC(=O)C=C(O)CC(C)C.CC(C)CC(=O)C=C(O)CC(C)C.Cc1[c-]c(-c2ccc3ccccc3n2)c(C)cc1.Cc1[c-]c(-c2ccc3ccccc3n2)cc(C)c1.Cc1c[c-]c(-c2ccc3ccccc3n2)c(C)c1.Cc1cc[c-]c(-c2ccc3ccccc3n2)c1C.[Ir].[Ir].[Ir].[Ir]. The molecule has 0 amide bonds. The van der Waals surface area contributed by atoms with Gasteiger partial charge in [-0.1, -0.05) is 287 Å². The van der Waals surface area contributed by atoms with Crippen molar-refractivity contribution in [1.82, 2.24) is 19.9 Å². The van der Waals surface area contributed by atoms with Crippen LogP contribution < -0.4 is 0 Å². The maximum Gasteiger partial charge on any atom is 0.159 e. The van der Waals surface area contributed by atoms with Gasteiger partial charge in [-0.05, 0) is 116 Å². The molecule has 692 valence electrons. The van der Waals surface area contributed by atoms with Gasteiger partial charge in [0, 0.05) is 156 Å². The van der Waals surface area contributed by atoms with Gasteiger partial charge in [-0.3, -0.25) is 39.1 Å². The molecule has 0 atom stereocenters. The zero-order valence-electron chi connectivity index (χ0n) is 79.6. The molecule has 0 saturated carbocycles. The molecule has 12 nitrogen and oxygen atoms in total. The summed E-state index contributed by atoms with van der Waals surface area (Å²) in [4.78, 5) is 63.7. The van der Waals surface area contributed by atoms with Gasteiger partial charge < -0.3 is 20.4 Å². The molecular formula is C112H136Ir4N4O8-4. The van der Waals surface area contributed by atoms with Crippen molar-refractivity contribution in [2.75, 3.05) is 0 Å². The summed E-state index contributed by atoms with van der Waals surface area (Å²) in [5.74, 6) is 3.92. The molecule has 0 bridgehead atoms. The molecule has 12 rings (SSSR count). The van der Waals surface area contributed by atoms with E-state index in [1.807, 2.05) is 196 Å². The molecular weight excluding hydrogens is 2300 g/mol. The average Bonchev–Trinajstić information content (AvgIpc) is 0.825. The Labute approximate surface area is 819 Å².